The molecule has 2 unspecified atom stereocenters. The molecule has 1 aromatic heterocycles. The Labute approximate surface area is 225 Å². The van der Waals surface area contributed by atoms with E-state index >= 15 is 0 Å². The van der Waals surface area contributed by atoms with Crippen molar-refractivity contribution in [3.63, 3.8) is 0 Å². The van der Waals surface area contributed by atoms with Crippen LogP contribution >= 0.6 is 0 Å². The number of rotatable bonds is 4. The summed E-state index contributed by atoms with van der Waals surface area (Å²) < 4.78 is 0. The lowest BCUT2D eigenvalue weighted by atomic mass is 10.1. The van der Waals surface area contributed by atoms with Gasteiger partial charge in [-0.3, -0.25) is 19.5 Å². The molecule has 198 valence electrons. The summed E-state index contributed by atoms with van der Waals surface area (Å²) in [6, 6.07) is 20.5. The van der Waals surface area contributed by atoms with Gasteiger partial charge in [-0.15, -0.1) is 0 Å². The molecule has 3 aromatic rings. The Kier molecular flexibility index (Phi) is 7.74. The summed E-state index contributed by atoms with van der Waals surface area (Å²) >= 11 is 0. The molecule has 1 saturated heterocycles. The van der Waals surface area contributed by atoms with E-state index in [0.29, 0.717) is 31.2 Å². The molecule has 1 fully saturated rings. The highest BCUT2D eigenvalue weighted by Gasteiger charge is 2.36. The molecule has 0 saturated carbocycles. The molecule has 0 N–H and O–H groups in total. The van der Waals surface area contributed by atoms with Crippen LogP contribution in [0.25, 0.3) is 0 Å². The maximum absolute atomic E-state index is 14.0. The summed E-state index contributed by atoms with van der Waals surface area (Å²) in [4.78, 5) is 39.6. The van der Waals surface area contributed by atoms with Crippen molar-refractivity contribution >= 4 is 23.2 Å². The third-order valence-electron chi connectivity index (χ3n) is 7.92. The van der Waals surface area contributed by atoms with Gasteiger partial charge in [-0.2, -0.15) is 0 Å². The van der Waals surface area contributed by atoms with Crippen LogP contribution in [-0.2, 0) is 17.9 Å². The number of hydrogen-bond donors (Lipinski definition) is 0. The average molecular weight is 512 g/mol. The van der Waals surface area contributed by atoms with E-state index in [1.165, 1.54) is 5.56 Å². The first kappa shape index (κ1) is 25.9. The van der Waals surface area contributed by atoms with Gasteiger partial charge in [0.25, 0.3) is 5.91 Å². The third kappa shape index (κ3) is 5.58. The van der Waals surface area contributed by atoms with Crippen LogP contribution in [0.3, 0.4) is 0 Å². The zero-order chi connectivity index (χ0) is 26.6. The van der Waals surface area contributed by atoms with Gasteiger partial charge < -0.3 is 14.7 Å². The van der Waals surface area contributed by atoms with Crippen molar-refractivity contribution < 1.29 is 9.59 Å². The summed E-state index contributed by atoms with van der Waals surface area (Å²) in [6.45, 7) is 4.18. The summed E-state index contributed by atoms with van der Waals surface area (Å²) in [7, 11) is 3.99. The lowest BCUT2D eigenvalue weighted by molar-refractivity contribution is -0.116. The first-order chi connectivity index (χ1) is 18.4. The van der Waals surface area contributed by atoms with E-state index in [2.05, 4.69) is 16.0 Å². The fourth-order valence-corrected chi connectivity index (χ4v) is 5.88. The van der Waals surface area contributed by atoms with Crippen LogP contribution in [0.1, 0.15) is 47.7 Å². The van der Waals surface area contributed by atoms with Crippen molar-refractivity contribution in [2.75, 3.05) is 37.0 Å². The van der Waals surface area contributed by atoms with Crippen molar-refractivity contribution in [2.45, 2.75) is 51.4 Å². The van der Waals surface area contributed by atoms with Crippen LogP contribution < -0.4 is 9.80 Å². The SMILES string of the molecule is CC(=O)N1CCC2CCC(CN(C(=O)c3ccc(N(C)C)cc3)Cc3ccccc31)N2Cc1cccnc1. The Morgan fingerprint density at radius 2 is 1.71 bits per heavy atom. The zero-order valence-corrected chi connectivity index (χ0v) is 22.6. The van der Waals surface area contributed by atoms with Crippen LogP contribution in [0.2, 0.25) is 0 Å². The molecule has 0 spiro atoms. The Bertz CT molecular complexity index is 1260. The molecule has 0 aliphatic carbocycles. The molecule has 38 heavy (non-hydrogen) atoms. The molecule has 3 heterocycles. The number of amides is 2. The van der Waals surface area contributed by atoms with E-state index in [-0.39, 0.29) is 17.9 Å². The maximum atomic E-state index is 14.0. The summed E-state index contributed by atoms with van der Waals surface area (Å²) in [5, 5.41) is 0. The summed E-state index contributed by atoms with van der Waals surface area (Å²) in [5.74, 6) is 0.0470. The second kappa shape index (κ2) is 11.4. The topological polar surface area (TPSA) is 60.0 Å². The Morgan fingerprint density at radius 3 is 2.42 bits per heavy atom. The molecule has 2 aliphatic rings. The highest BCUT2D eigenvalue weighted by molar-refractivity contribution is 5.95. The van der Waals surface area contributed by atoms with E-state index < -0.39 is 0 Å². The van der Waals surface area contributed by atoms with Gasteiger partial charge in [-0.05, 0) is 66.8 Å². The molecular weight excluding hydrogens is 474 g/mol. The standard InChI is InChI=1S/C31H37N5O2/c1-23(37)35-18-16-28-14-15-29(36(28)20-24-7-6-17-32-19-24)22-34(21-26-8-4-5-9-30(26)35)31(38)25-10-12-27(13-11-25)33(2)3/h4-13,17,19,28-29H,14-16,18,20-22H2,1-3H3. The number of para-hydroxylation sites is 1. The van der Waals surface area contributed by atoms with Crippen molar-refractivity contribution in [1.82, 2.24) is 14.8 Å². The maximum Gasteiger partial charge on any atom is 0.254 e. The van der Waals surface area contributed by atoms with Crippen molar-refractivity contribution in [2.24, 2.45) is 0 Å². The van der Waals surface area contributed by atoms with Crippen molar-refractivity contribution in [3.05, 3.63) is 89.7 Å². The van der Waals surface area contributed by atoms with Crippen LogP contribution in [0.4, 0.5) is 11.4 Å². The molecule has 0 radical (unpaired) electrons. The molecule has 7 heteroatoms. The van der Waals surface area contributed by atoms with Gasteiger partial charge in [0.2, 0.25) is 5.91 Å². The van der Waals surface area contributed by atoms with Crippen LogP contribution in [-0.4, -0.2) is 65.9 Å². The van der Waals surface area contributed by atoms with E-state index in [0.717, 1.165) is 42.7 Å². The van der Waals surface area contributed by atoms with E-state index in [4.69, 9.17) is 0 Å². The highest BCUT2D eigenvalue weighted by atomic mass is 16.2. The molecule has 2 bridgehead atoms. The van der Waals surface area contributed by atoms with Gasteiger partial charge in [0.1, 0.15) is 0 Å². The summed E-state index contributed by atoms with van der Waals surface area (Å²) in [6.07, 6.45) is 6.70. The summed E-state index contributed by atoms with van der Waals surface area (Å²) in [5.41, 5.74) is 4.81. The predicted molar refractivity (Wildman–Crippen MR) is 151 cm³/mol. The third-order valence-corrected chi connectivity index (χ3v) is 7.92. The van der Waals surface area contributed by atoms with E-state index in [9.17, 15) is 9.59 Å². The van der Waals surface area contributed by atoms with Gasteiger partial charge in [-0.1, -0.05) is 24.3 Å². The normalized spacial score (nSPS) is 20.0. The highest BCUT2D eigenvalue weighted by Crippen LogP contribution is 2.33. The number of nitrogens with zero attached hydrogens (tertiary/aromatic N) is 5. The predicted octanol–water partition coefficient (Wildman–Crippen LogP) is 4.58. The number of benzene rings is 2. The number of carbonyl (C=O) groups excluding carboxylic acids is 2. The molecule has 2 aromatic carbocycles. The van der Waals surface area contributed by atoms with Gasteiger partial charge >= 0.3 is 0 Å². The molecular formula is C31H37N5O2. The zero-order valence-electron chi connectivity index (χ0n) is 22.6. The quantitative estimate of drug-likeness (QED) is 0.513. The largest absolute Gasteiger partial charge is 0.378 e. The number of pyridine rings is 1. The first-order valence-electron chi connectivity index (χ1n) is 13.5. The number of carbonyl (C=O) groups is 2. The minimum Gasteiger partial charge on any atom is -0.378 e. The number of fused-ring (bicyclic) bond motifs is 3. The minimum atomic E-state index is 0.0171. The smallest absolute Gasteiger partial charge is 0.254 e. The molecule has 2 atom stereocenters. The van der Waals surface area contributed by atoms with Crippen LogP contribution in [0.5, 0.6) is 0 Å². The van der Waals surface area contributed by atoms with Crippen LogP contribution in [0.15, 0.2) is 73.1 Å². The van der Waals surface area contributed by atoms with Gasteiger partial charge in [0, 0.05) is 88.6 Å². The molecule has 5 rings (SSSR count). The van der Waals surface area contributed by atoms with Crippen molar-refractivity contribution in [3.8, 4) is 0 Å². The number of aromatic nitrogens is 1. The molecule has 7 nitrogen and oxygen atoms in total. The van der Waals surface area contributed by atoms with Crippen molar-refractivity contribution in [1.29, 1.82) is 0 Å². The monoisotopic (exact) mass is 511 g/mol. The van der Waals surface area contributed by atoms with Gasteiger partial charge in [0.05, 0.1) is 0 Å². The fourth-order valence-electron chi connectivity index (χ4n) is 5.88. The fraction of sp³-hybridized carbons (Fsp3) is 0.387. The second-order valence-electron chi connectivity index (χ2n) is 10.6. The lowest BCUT2D eigenvalue weighted by Crippen LogP contribution is -2.45. The Balaban J connectivity index is 1.52. The van der Waals surface area contributed by atoms with E-state index in [1.807, 2.05) is 89.6 Å². The minimum absolute atomic E-state index is 0.0171. The lowest BCUT2D eigenvalue weighted by Gasteiger charge is -2.34. The number of hydrogen-bond acceptors (Lipinski definition) is 5. The molecule has 2 amide bonds. The number of anilines is 2. The Hall–Kier alpha value is -3.71. The Morgan fingerprint density at radius 1 is 0.947 bits per heavy atom. The second-order valence-corrected chi connectivity index (χ2v) is 10.6. The van der Waals surface area contributed by atoms with E-state index in [1.54, 1.807) is 13.1 Å². The molecule has 2 aliphatic heterocycles. The average Bonchev–Trinajstić information content (AvgIpc) is 3.28. The van der Waals surface area contributed by atoms with Gasteiger partial charge in [-0.25, -0.2) is 0 Å². The van der Waals surface area contributed by atoms with Crippen LogP contribution in [0, 0.1) is 0 Å². The van der Waals surface area contributed by atoms with Gasteiger partial charge in [0.15, 0.2) is 0 Å². The first-order valence-corrected chi connectivity index (χ1v) is 13.5.